The zero-order valence-electron chi connectivity index (χ0n) is 17.6. The fraction of sp³-hybridized carbons (Fsp3) is 0.360. The van der Waals surface area contributed by atoms with E-state index >= 15 is 0 Å². The molecule has 1 heterocycles. The number of nitrogens with one attached hydrogen (secondary N) is 2. The maximum absolute atomic E-state index is 12.0. The van der Waals surface area contributed by atoms with E-state index in [1.165, 1.54) is 6.42 Å². The molecule has 2 aliphatic carbocycles. The molecule has 0 atom stereocenters. The Balaban J connectivity index is 1.55. The molecular weight excluding hydrogens is 388 g/mol. The average Bonchev–Trinajstić information content (AvgIpc) is 3.49. The van der Waals surface area contributed by atoms with Gasteiger partial charge >= 0.3 is 6.03 Å². The summed E-state index contributed by atoms with van der Waals surface area (Å²) in [4.78, 5) is 12.0. The second kappa shape index (κ2) is 7.99. The number of fused-ring (bicyclic) bond motifs is 1. The van der Waals surface area contributed by atoms with Crippen LogP contribution in [0.3, 0.4) is 0 Å². The number of carbonyl (C=O) groups is 1. The maximum atomic E-state index is 12.0. The lowest BCUT2D eigenvalue weighted by molar-refractivity contribution is 0.251. The van der Waals surface area contributed by atoms with Gasteiger partial charge in [0.25, 0.3) is 0 Å². The lowest BCUT2D eigenvalue weighted by Crippen LogP contribution is -2.30. The van der Waals surface area contributed by atoms with Crippen LogP contribution in [0.4, 0.5) is 10.5 Å². The van der Waals surface area contributed by atoms with Gasteiger partial charge in [0.15, 0.2) is 0 Å². The number of nitriles is 1. The Morgan fingerprint density at radius 3 is 2.55 bits per heavy atom. The number of hydrogen-bond donors (Lipinski definition) is 2. The number of amides is 2. The van der Waals surface area contributed by atoms with Gasteiger partial charge in [0.05, 0.1) is 23.4 Å². The van der Waals surface area contributed by atoms with Crippen molar-refractivity contribution < 1.29 is 9.53 Å². The molecule has 2 aromatic carbocycles. The number of benzene rings is 2. The zero-order valence-corrected chi connectivity index (χ0v) is 17.6. The van der Waals surface area contributed by atoms with Crippen LogP contribution >= 0.6 is 0 Å². The normalized spacial score (nSPS) is 15.9. The van der Waals surface area contributed by atoms with Crippen LogP contribution in [0, 0.1) is 11.3 Å². The monoisotopic (exact) mass is 414 g/mol. The molecule has 6 heteroatoms. The molecule has 3 aromatic rings. The van der Waals surface area contributed by atoms with Crippen LogP contribution < -0.4 is 15.4 Å². The first-order valence-electron chi connectivity index (χ1n) is 11.1. The van der Waals surface area contributed by atoms with Crippen molar-refractivity contribution >= 4 is 22.6 Å². The summed E-state index contributed by atoms with van der Waals surface area (Å²) in [5.74, 6) is 0.824. The van der Waals surface area contributed by atoms with Crippen LogP contribution in [0.5, 0.6) is 5.75 Å². The molecular formula is C25H26N4O2. The molecule has 0 radical (unpaired) electrons. The standard InChI is InChI=1S/C25H26N4O2/c1-2-31-20-12-13-21-22(15-26)24(29(23(21)14-20)19-4-3-5-19)16-6-8-17(9-7-16)27-25(30)28-18-10-11-18/h6-9,12-14,18-19H,2-5,10-11H2,1H3,(H2,27,28,30). The zero-order chi connectivity index (χ0) is 21.4. The van der Waals surface area contributed by atoms with Crippen molar-refractivity contribution in [2.75, 3.05) is 11.9 Å². The summed E-state index contributed by atoms with van der Waals surface area (Å²) in [5, 5.41) is 16.8. The molecule has 6 nitrogen and oxygen atoms in total. The maximum Gasteiger partial charge on any atom is 0.319 e. The average molecular weight is 415 g/mol. The fourth-order valence-corrected chi connectivity index (χ4v) is 4.26. The molecule has 2 saturated carbocycles. The number of anilines is 1. The third-order valence-corrected chi connectivity index (χ3v) is 6.17. The van der Waals surface area contributed by atoms with E-state index in [2.05, 4.69) is 27.3 Å². The second-order valence-electron chi connectivity index (χ2n) is 8.35. The van der Waals surface area contributed by atoms with E-state index in [1.54, 1.807) is 0 Å². The first kappa shape index (κ1) is 19.5. The van der Waals surface area contributed by atoms with Gasteiger partial charge in [-0.05, 0) is 68.9 Å². The molecule has 0 unspecified atom stereocenters. The van der Waals surface area contributed by atoms with Crippen molar-refractivity contribution in [2.24, 2.45) is 0 Å². The molecule has 2 amide bonds. The minimum Gasteiger partial charge on any atom is -0.494 e. The van der Waals surface area contributed by atoms with Gasteiger partial charge in [-0.2, -0.15) is 5.26 Å². The van der Waals surface area contributed by atoms with Crippen molar-refractivity contribution in [1.29, 1.82) is 5.26 Å². The smallest absolute Gasteiger partial charge is 0.319 e. The van der Waals surface area contributed by atoms with Crippen molar-refractivity contribution in [3.8, 4) is 23.1 Å². The van der Waals surface area contributed by atoms with Crippen LogP contribution in [0.15, 0.2) is 42.5 Å². The SMILES string of the molecule is CCOc1ccc2c(C#N)c(-c3ccc(NC(=O)NC4CC4)cc3)n(C3CCC3)c2c1. The van der Waals surface area contributed by atoms with Crippen molar-refractivity contribution in [3.63, 3.8) is 0 Å². The van der Waals surface area contributed by atoms with Gasteiger partial charge in [-0.3, -0.25) is 0 Å². The van der Waals surface area contributed by atoms with Crippen LogP contribution in [-0.4, -0.2) is 23.2 Å². The highest BCUT2D eigenvalue weighted by molar-refractivity contribution is 5.96. The minimum absolute atomic E-state index is 0.167. The minimum atomic E-state index is -0.167. The Morgan fingerprint density at radius 1 is 1.16 bits per heavy atom. The van der Waals surface area contributed by atoms with Gasteiger partial charge in [0, 0.05) is 29.2 Å². The predicted molar refractivity (Wildman–Crippen MR) is 121 cm³/mol. The van der Waals surface area contributed by atoms with Gasteiger partial charge in [-0.1, -0.05) is 12.1 Å². The number of ether oxygens (including phenoxy) is 1. The number of hydrogen-bond acceptors (Lipinski definition) is 3. The molecule has 2 fully saturated rings. The molecule has 2 aliphatic rings. The fourth-order valence-electron chi connectivity index (χ4n) is 4.26. The van der Waals surface area contributed by atoms with Gasteiger partial charge in [-0.25, -0.2) is 4.79 Å². The third kappa shape index (κ3) is 3.72. The number of carbonyl (C=O) groups excluding carboxylic acids is 1. The Bertz CT molecular complexity index is 1160. The highest BCUT2D eigenvalue weighted by Gasteiger charge is 2.28. The van der Waals surface area contributed by atoms with E-state index in [1.807, 2.05) is 43.3 Å². The lowest BCUT2D eigenvalue weighted by atomic mass is 9.92. The summed E-state index contributed by atoms with van der Waals surface area (Å²) in [6.07, 6.45) is 5.54. The summed E-state index contributed by atoms with van der Waals surface area (Å²) in [6.45, 7) is 2.58. The highest BCUT2D eigenvalue weighted by Crippen LogP contribution is 2.43. The summed E-state index contributed by atoms with van der Waals surface area (Å²) in [6, 6.07) is 16.7. The first-order valence-corrected chi connectivity index (χ1v) is 11.1. The first-order chi connectivity index (χ1) is 15.2. The lowest BCUT2D eigenvalue weighted by Gasteiger charge is -2.30. The predicted octanol–water partition coefficient (Wildman–Crippen LogP) is 5.59. The Morgan fingerprint density at radius 2 is 1.94 bits per heavy atom. The Hall–Kier alpha value is -3.46. The Labute approximate surface area is 181 Å². The van der Waals surface area contributed by atoms with Gasteiger partial charge in [0.1, 0.15) is 11.8 Å². The van der Waals surface area contributed by atoms with E-state index in [9.17, 15) is 10.1 Å². The van der Waals surface area contributed by atoms with Gasteiger partial charge in [-0.15, -0.1) is 0 Å². The van der Waals surface area contributed by atoms with Gasteiger partial charge < -0.3 is 19.9 Å². The quantitative estimate of drug-likeness (QED) is 0.552. The topological polar surface area (TPSA) is 79.1 Å². The summed E-state index contributed by atoms with van der Waals surface area (Å²) in [7, 11) is 0. The number of rotatable bonds is 6. The summed E-state index contributed by atoms with van der Waals surface area (Å²) >= 11 is 0. The Kier molecular flexibility index (Phi) is 5.03. The molecule has 0 aliphatic heterocycles. The molecule has 0 saturated heterocycles. The van der Waals surface area contributed by atoms with Crippen LogP contribution in [0.2, 0.25) is 0 Å². The van der Waals surface area contributed by atoms with Crippen LogP contribution in [0.25, 0.3) is 22.2 Å². The van der Waals surface area contributed by atoms with E-state index in [0.717, 1.165) is 59.3 Å². The summed E-state index contributed by atoms with van der Waals surface area (Å²) in [5.41, 5.74) is 4.41. The van der Waals surface area contributed by atoms with Crippen LogP contribution in [-0.2, 0) is 0 Å². The van der Waals surface area contributed by atoms with E-state index in [0.29, 0.717) is 24.3 Å². The molecule has 2 N–H and O–H groups in total. The molecule has 31 heavy (non-hydrogen) atoms. The molecule has 5 rings (SSSR count). The van der Waals surface area contributed by atoms with Gasteiger partial charge in [0.2, 0.25) is 0 Å². The van der Waals surface area contributed by atoms with Crippen LogP contribution in [0.1, 0.15) is 50.6 Å². The van der Waals surface area contributed by atoms with Crippen molar-refractivity contribution in [1.82, 2.24) is 9.88 Å². The summed E-state index contributed by atoms with van der Waals surface area (Å²) < 4.78 is 8.05. The van der Waals surface area contributed by atoms with E-state index < -0.39 is 0 Å². The largest absolute Gasteiger partial charge is 0.494 e. The molecule has 0 spiro atoms. The highest BCUT2D eigenvalue weighted by atomic mass is 16.5. The number of aromatic nitrogens is 1. The van der Waals surface area contributed by atoms with E-state index in [-0.39, 0.29) is 6.03 Å². The second-order valence-corrected chi connectivity index (χ2v) is 8.35. The molecule has 1 aromatic heterocycles. The third-order valence-electron chi connectivity index (χ3n) is 6.17. The van der Waals surface area contributed by atoms with Crippen molar-refractivity contribution in [2.45, 2.75) is 51.1 Å². The number of urea groups is 1. The molecule has 158 valence electrons. The molecule has 0 bridgehead atoms. The number of nitrogens with zero attached hydrogens (tertiary/aromatic N) is 2. The van der Waals surface area contributed by atoms with Crippen molar-refractivity contribution in [3.05, 3.63) is 48.0 Å². The van der Waals surface area contributed by atoms with E-state index in [4.69, 9.17) is 4.74 Å².